The zero-order chi connectivity index (χ0) is 27.9. The highest BCUT2D eigenvalue weighted by Crippen LogP contribution is 2.37. The molecular weight excluding hydrogens is 581 g/mol. The van der Waals surface area contributed by atoms with E-state index in [0.717, 1.165) is 15.0 Å². The van der Waals surface area contributed by atoms with Gasteiger partial charge in [-0.15, -0.1) is 22.7 Å². The van der Waals surface area contributed by atoms with Crippen molar-refractivity contribution in [3.8, 4) is 0 Å². The van der Waals surface area contributed by atoms with E-state index in [-0.39, 0.29) is 30.8 Å². The third kappa shape index (κ3) is 7.82. The van der Waals surface area contributed by atoms with E-state index >= 15 is 0 Å². The monoisotopic (exact) mass is 607 g/mol. The molecule has 0 saturated carbocycles. The molecule has 3 aromatic rings. The Morgan fingerprint density at radius 3 is 2.56 bits per heavy atom. The first-order chi connectivity index (χ1) is 18.7. The van der Waals surface area contributed by atoms with Gasteiger partial charge < -0.3 is 20.6 Å². The van der Waals surface area contributed by atoms with Crippen molar-refractivity contribution in [1.82, 2.24) is 15.5 Å². The molecule has 1 saturated heterocycles. The fourth-order valence-electron chi connectivity index (χ4n) is 4.36. The van der Waals surface area contributed by atoms with Crippen molar-refractivity contribution in [2.45, 2.75) is 31.7 Å². The normalized spacial score (nSPS) is 15.0. The number of likely N-dealkylation sites (tertiary alicyclic amines) is 1. The second-order valence-electron chi connectivity index (χ2n) is 9.23. The van der Waals surface area contributed by atoms with E-state index in [1.807, 2.05) is 35.0 Å². The lowest BCUT2D eigenvalue weighted by Crippen LogP contribution is -2.49. The summed E-state index contributed by atoms with van der Waals surface area (Å²) < 4.78 is 0.903. The number of amides is 3. The Bertz CT molecular complexity index is 1380. The summed E-state index contributed by atoms with van der Waals surface area (Å²) >= 11 is 15.7. The van der Waals surface area contributed by atoms with E-state index in [1.54, 1.807) is 11.0 Å². The van der Waals surface area contributed by atoms with Crippen molar-refractivity contribution in [3.05, 3.63) is 61.6 Å². The molecule has 1 aliphatic heterocycles. The van der Waals surface area contributed by atoms with Crippen molar-refractivity contribution in [1.29, 1.82) is 0 Å². The van der Waals surface area contributed by atoms with Gasteiger partial charge in [0.25, 0.3) is 0 Å². The van der Waals surface area contributed by atoms with E-state index in [0.29, 0.717) is 41.5 Å². The first-order valence-electron chi connectivity index (χ1n) is 12.3. The summed E-state index contributed by atoms with van der Waals surface area (Å²) in [7, 11) is 0. The number of benzene rings is 1. The molecule has 0 radical (unpaired) electrons. The lowest BCUT2D eigenvalue weighted by atomic mass is 10.0. The van der Waals surface area contributed by atoms with Gasteiger partial charge in [0.1, 0.15) is 0 Å². The minimum absolute atomic E-state index is 0.0613. The van der Waals surface area contributed by atoms with Crippen molar-refractivity contribution in [3.63, 3.8) is 0 Å². The number of piperidine rings is 1. The van der Waals surface area contributed by atoms with Gasteiger partial charge >= 0.3 is 5.97 Å². The number of nitrogens with zero attached hydrogens (tertiary/aromatic N) is 1. The zero-order valence-corrected chi connectivity index (χ0v) is 24.0. The third-order valence-corrected chi connectivity index (χ3v) is 9.28. The van der Waals surface area contributed by atoms with Crippen molar-refractivity contribution >= 4 is 85.7 Å². The first kappa shape index (κ1) is 29.1. The molecule has 8 nitrogen and oxygen atoms in total. The van der Waals surface area contributed by atoms with Gasteiger partial charge in [0, 0.05) is 36.6 Å². The van der Waals surface area contributed by atoms with Gasteiger partial charge in [-0.25, -0.2) is 0 Å². The van der Waals surface area contributed by atoms with E-state index in [1.165, 1.54) is 28.7 Å². The second-order valence-corrected chi connectivity index (χ2v) is 11.9. The number of hydrogen-bond donors (Lipinski definition) is 3. The van der Waals surface area contributed by atoms with Gasteiger partial charge in [0.05, 0.1) is 33.5 Å². The highest BCUT2D eigenvalue weighted by atomic mass is 35.5. The summed E-state index contributed by atoms with van der Waals surface area (Å²) in [6.45, 7) is 0.814. The number of hydrogen-bond acceptors (Lipinski definition) is 6. The van der Waals surface area contributed by atoms with Crippen LogP contribution in [0.25, 0.3) is 16.2 Å². The average molecular weight is 609 g/mol. The molecule has 39 heavy (non-hydrogen) atoms. The Kier molecular flexibility index (Phi) is 10.0. The van der Waals surface area contributed by atoms with E-state index in [9.17, 15) is 24.3 Å². The summed E-state index contributed by atoms with van der Waals surface area (Å²) in [5.41, 5.74) is 0.662. The number of carbonyl (C=O) groups is 4. The molecule has 1 fully saturated rings. The van der Waals surface area contributed by atoms with Gasteiger partial charge in [-0.1, -0.05) is 29.3 Å². The second kappa shape index (κ2) is 13.4. The lowest BCUT2D eigenvalue weighted by Gasteiger charge is -2.32. The van der Waals surface area contributed by atoms with Crippen LogP contribution in [-0.2, 0) is 25.6 Å². The number of thiophene rings is 2. The molecule has 0 spiro atoms. The van der Waals surface area contributed by atoms with Crippen LogP contribution in [0.1, 0.15) is 29.7 Å². The van der Waals surface area contributed by atoms with E-state index < -0.39 is 24.2 Å². The number of aliphatic carboxylic acids is 1. The highest BCUT2D eigenvalue weighted by Gasteiger charge is 2.28. The number of carboxylic acids is 1. The number of carboxylic acid groups (broad SMARTS) is 1. The number of rotatable bonds is 10. The van der Waals surface area contributed by atoms with Crippen LogP contribution in [0.2, 0.25) is 10.0 Å². The van der Waals surface area contributed by atoms with Crippen LogP contribution < -0.4 is 10.6 Å². The number of carbonyl (C=O) groups excluding carboxylic acids is 3. The summed E-state index contributed by atoms with van der Waals surface area (Å²) in [4.78, 5) is 51.7. The number of nitrogens with one attached hydrogen (secondary N) is 2. The minimum Gasteiger partial charge on any atom is -0.481 e. The predicted molar refractivity (Wildman–Crippen MR) is 155 cm³/mol. The highest BCUT2D eigenvalue weighted by molar-refractivity contribution is 7.18. The van der Waals surface area contributed by atoms with Gasteiger partial charge in [-0.05, 0) is 58.8 Å². The maximum absolute atomic E-state index is 12.8. The van der Waals surface area contributed by atoms with E-state index in [2.05, 4.69) is 10.6 Å². The quantitative estimate of drug-likeness (QED) is 0.285. The van der Waals surface area contributed by atoms with Crippen LogP contribution in [0.3, 0.4) is 0 Å². The molecular formula is C27H27Cl2N3O5S2. The molecule has 1 atom stereocenters. The molecule has 3 N–H and O–H groups in total. The fraction of sp³-hybridized carbons (Fsp3) is 0.333. The smallest absolute Gasteiger partial charge is 0.304 e. The SMILES string of the molecule is O=C(O)CC(CNC(=O)Cc1cccs1)C(=O)NC1CCN(C(=O)/C=C/c2cc3ccsc3c(Cl)c2Cl)CC1. The van der Waals surface area contributed by atoms with Crippen LogP contribution in [-0.4, -0.2) is 59.4 Å². The maximum Gasteiger partial charge on any atom is 0.304 e. The van der Waals surface area contributed by atoms with Crippen LogP contribution in [0.5, 0.6) is 0 Å². The summed E-state index contributed by atoms with van der Waals surface area (Å²) in [6, 6.07) is 7.33. The van der Waals surface area contributed by atoms with Crippen molar-refractivity contribution in [2.75, 3.05) is 19.6 Å². The fourth-order valence-corrected chi connectivity index (χ4v) is 6.50. The topological polar surface area (TPSA) is 116 Å². The number of fused-ring (bicyclic) bond motifs is 1. The Balaban J connectivity index is 1.27. The Morgan fingerprint density at radius 2 is 1.87 bits per heavy atom. The average Bonchev–Trinajstić information content (AvgIpc) is 3.60. The van der Waals surface area contributed by atoms with Crippen LogP contribution in [0.4, 0.5) is 0 Å². The first-order valence-corrected chi connectivity index (χ1v) is 14.9. The molecule has 12 heteroatoms. The van der Waals surface area contributed by atoms with Crippen molar-refractivity contribution < 1.29 is 24.3 Å². The maximum atomic E-state index is 12.8. The standard InChI is InChI=1S/C27H27Cl2N3O5S2/c28-24-16(12-17-7-11-39-26(17)25(24)29)3-4-22(34)32-8-5-19(6-9-32)31-27(37)18(13-23(35)36)15-30-21(33)14-20-2-1-10-38-20/h1-4,7,10-12,18-19H,5-6,8-9,13-15H2,(H,30,33)(H,31,37)(H,35,36)/b4-3+. The van der Waals surface area contributed by atoms with Crippen LogP contribution in [0.15, 0.2) is 41.1 Å². The lowest BCUT2D eigenvalue weighted by molar-refractivity contribution is -0.141. The molecule has 1 aromatic carbocycles. The predicted octanol–water partition coefficient (Wildman–Crippen LogP) is 4.84. The molecule has 3 amide bonds. The zero-order valence-electron chi connectivity index (χ0n) is 20.8. The molecule has 1 aliphatic rings. The molecule has 0 aliphatic carbocycles. The summed E-state index contributed by atoms with van der Waals surface area (Å²) in [5, 5.41) is 20.5. The Hall–Kier alpha value is -2.92. The van der Waals surface area contributed by atoms with Crippen molar-refractivity contribution in [2.24, 2.45) is 5.92 Å². The van der Waals surface area contributed by atoms with Gasteiger partial charge in [-0.2, -0.15) is 0 Å². The molecule has 3 heterocycles. The molecule has 2 aromatic heterocycles. The largest absolute Gasteiger partial charge is 0.481 e. The van der Waals surface area contributed by atoms with Crippen LogP contribution in [0, 0.1) is 5.92 Å². The minimum atomic E-state index is -1.12. The summed E-state index contributed by atoms with van der Waals surface area (Å²) in [6.07, 6.45) is 3.98. The van der Waals surface area contributed by atoms with Gasteiger partial charge in [-0.3, -0.25) is 19.2 Å². The summed E-state index contributed by atoms with van der Waals surface area (Å²) in [5.74, 6) is -2.87. The Labute approximate surface area is 243 Å². The molecule has 4 rings (SSSR count). The Morgan fingerprint density at radius 1 is 1.10 bits per heavy atom. The third-order valence-electron chi connectivity index (χ3n) is 6.46. The molecule has 0 bridgehead atoms. The van der Waals surface area contributed by atoms with Crippen LogP contribution >= 0.6 is 45.9 Å². The number of halogens is 2. The molecule has 1 unspecified atom stereocenters. The van der Waals surface area contributed by atoms with Gasteiger partial charge in [0.15, 0.2) is 0 Å². The van der Waals surface area contributed by atoms with E-state index in [4.69, 9.17) is 23.2 Å². The van der Waals surface area contributed by atoms with Gasteiger partial charge in [0.2, 0.25) is 17.7 Å². The molecule has 206 valence electrons.